The second-order valence-corrected chi connectivity index (χ2v) is 5.83. The standard InChI is InChI=1S/C18H15ClN2/c19-13-4-5-18-17(10-13)16(7-9-21-18)15-3-1-2-12-11-20-8-6-14(12)15/h1-5,7,9-10,20H,6,8,11H2. The van der Waals surface area contributed by atoms with Gasteiger partial charge >= 0.3 is 0 Å². The second kappa shape index (κ2) is 5.14. The van der Waals surface area contributed by atoms with Crippen LogP contribution in [0.25, 0.3) is 22.0 Å². The lowest BCUT2D eigenvalue weighted by molar-refractivity contribution is 0.645. The first-order valence-electron chi connectivity index (χ1n) is 7.19. The monoisotopic (exact) mass is 294 g/mol. The van der Waals surface area contributed by atoms with Gasteiger partial charge in [-0.25, -0.2) is 0 Å². The fraction of sp³-hybridized carbons (Fsp3) is 0.167. The first-order valence-corrected chi connectivity index (χ1v) is 7.57. The maximum atomic E-state index is 6.18. The normalized spacial score (nSPS) is 14.1. The maximum Gasteiger partial charge on any atom is 0.0709 e. The van der Waals surface area contributed by atoms with Crippen LogP contribution in [0, 0.1) is 0 Å². The predicted octanol–water partition coefficient (Wildman–Crippen LogP) is 4.20. The first kappa shape index (κ1) is 12.8. The smallest absolute Gasteiger partial charge is 0.0709 e. The highest BCUT2D eigenvalue weighted by molar-refractivity contribution is 6.31. The summed E-state index contributed by atoms with van der Waals surface area (Å²) in [5, 5.41) is 5.31. The highest BCUT2D eigenvalue weighted by atomic mass is 35.5. The molecule has 0 amide bonds. The van der Waals surface area contributed by atoms with Gasteiger partial charge in [-0.05, 0) is 59.5 Å². The Labute approximate surface area is 128 Å². The molecule has 0 saturated carbocycles. The van der Waals surface area contributed by atoms with Crippen LogP contribution >= 0.6 is 11.6 Å². The largest absolute Gasteiger partial charge is 0.312 e. The Morgan fingerprint density at radius 2 is 2.00 bits per heavy atom. The molecule has 0 saturated heterocycles. The van der Waals surface area contributed by atoms with E-state index in [1.54, 1.807) is 0 Å². The Morgan fingerprint density at radius 3 is 2.95 bits per heavy atom. The molecular weight excluding hydrogens is 280 g/mol. The molecule has 3 aromatic rings. The van der Waals surface area contributed by atoms with Crippen molar-refractivity contribution >= 4 is 22.5 Å². The van der Waals surface area contributed by atoms with Gasteiger partial charge in [0.15, 0.2) is 0 Å². The van der Waals surface area contributed by atoms with E-state index in [0.717, 1.165) is 35.4 Å². The van der Waals surface area contributed by atoms with E-state index in [-0.39, 0.29) is 0 Å². The minimum absolute atomic E-state index is 0.753. The van der Waals surface area contributed by atoms with Crippen LogP contribution in [0.3, 0.4) is 0 Å². The van der Waals surface area contributed by atoms with E-state index >= 15 is 0 Å². The molecule has 0 unspecified atom stereocenters. The van der Waals surface area contributed by atoms with Crippen molar-refractivity contribution in [3.63, 3.8) is 0 Å². The van der Waals surface area contributed by atoms with E-state index in [9.17, 15) is 0 Å². The van der Waals surface area contributed by atoms with Crippen LogP contribution in [-0.4, -0.2) is 11.5 Å². The molecule has 1 N–H and O–H groups in total. The van der Waals surface area contributed by atoms with Gasteiger partial charge in [0.1, 0.15) is 0 Å². The Bertz CT molecular complexity index is 827. The summed E-state index contributed by atoms with van der Waals surface area (Å²) in [6, 6.07) is 14.5. The maximum absolute atomic E-state index is 6.18. The van der Waals surface area contributed by atoms with Crippen molar-refractivity contribution in [3.05, 3.63) is 64.8 Å². The number of nitrogens with one attached hydrogen (secondary N) is 1. The van der Waals surface area contributed by atoms with E-state index < -0.39 is 0 Å². The SMILES string of the molecule is Clc1ccc2nccc(-c3cccc4c3CCNC4)c2c1. The van der Waals surface area contributed by atoms with E-state index in [0.29, 0.717) is 0 Å². The molecule has 0 atom stereocenters. The molecule has 0 spiro atoms. The van der Waals surface area contributed by atoms with Gasteiger partial charge in [0.25, 0.3) is 0 Å². The average molecular weight is 295 g/mol. The Kier molecular flexibility index (Phi) is 3.13. The van der Waals surface area contributed by atoms with E-state index in [1.807, 2.05) is 24.4 Å². The average Bonchev–Trinajstić information content (AvgIpc) is 2.54. The molecule has 1 aromatic heterocycles. The van der Waals surface area contributed by atoms with Crippen LogP contribution in [0.2, 0.25) is 5.02 Å². The summed E-state index contributed by atoms with van der Waals surface area (Å²) >= 11 is 6.18. The number of fused-ring (bicyclic) bond motifs is 2. The van der Waals surface area contributed by atoms with Gasteiger partial charge in [-0.1, -0.05) is 29.8 Å². The van der Waals surface area contributed by atoms with Crippen molar-refractivity contribution in [1.29, 1.82) is 0 Å². The third kappa shape index (κ3) is 2.21. The van der Waals surface area contributed by atoms with Crippen molar-refractivity contribution in [2.75, 3.05) is 6.54 Å². The molecule has 21 heavy (non-hydrogen) atoms. The third-order valence-electron chi connectivity index (χ3n) is 4.13. The molecule has 3 heteroatoms. The molecule has 104 valence electrons. The van der Waals surface area contributed by atoms with Gasteiger partial charge in [0, 0.05) is 23.2 Å². The van der Waals surface area contributed by atoms with Gasteiger partial charge in [-0.15, -0.1) is 0 Å². The van der Waals surface area contributed by atoms with Crippen LogP contribution in [0.4, 0.5) is 0 Å². The number of hydrogen-bond donors (Lipinski definition) is 1. The summed E-state index contributed by atoms with van der Waals surface area (Å²) in [6.07, 6.45) is 2.95. The molecule has 4 rings (SSSR count). The Balaban J connectivity index is 2.01. The number of rotatable bonds is 1. The van der Waals surface area contributed by atoms with Crippen molar-refractivity contribution in [3.8, 4) is 11.1 Å². The van der Waals surface area contributed by atoms with Crippen molar-refractivity contribution in [2.45, 2.75) is 13.0 Å². The highest BCUT2D eigenvalue weighted by Crippen LogP contribution is 2.33. The van der Waals surface area contributed by atoms with E-state index in [1.165, 1.54) is 22.3 Å². The predicted molar refractivity (Wildman–Crippen MR) is 87.6 cm³/mol. The number of aromatic nitrogens is 1. The molecule has 2 heterocycles. The molecule has 0 bridgehead atoms. The van der Waals surface area contributed by atoms with Crippen LogP contribution in [-0.2, 0) is 13.0 Å². The minimum Gasteiger partial charge on any atom is -0.312 e. The zero-order valence-electron chi connectivity index (χ0n) is 11.6. The molecule has 2 nitrogen and oxygen atoms in total. The van der Waals surface area contributed by atoms with Crippen molar-refractivity contribution in [1.82, 2.24) is 10.3 Å². The highest BCUT2D eigenvalue weighted by Gasteiger charge is 2.15. The number of benzene rings is 2. The van der Waals surface area contributed by atoms with Crippen molar-refractivity contribution in [2.24, 2.45) is 0 Å². The summed E-state index contributed by atoms with van der Waals surface area (Å²) < 4.78 is 0. The number of nitrogens with zero attached hydrogens (tertiary/aromatic N) is 1. The zero-order valence-corrected chi connectivity index (χ0v) is 12.3. The van der Waals surface area contributed by atoms with Gasteiger partial charge < -0.3 is 5.32 Å². The van der Waals surface area contributed by atoms with Gasteiger partial charge in [-0.3, -0.25) is 4.98 Å². The molecule has 1 aliphatic heterocycles. The number of hydrogen-bond acceptors (Lipinski definition) is 2. The fourth-order valence-electron chi connectivity index (χ4n) is 3.14. The van der Waals surface area contributed by atoms with Crippen LogP contribution in [0.15, 0.2) is 48.7 Å². The van der Waals surface area contributed by atoms with Gasteiger partial charge in [0.05, 0.1) is 5.52 Å². The van der Waals surface area contributed by atoms with Gasteiger partial charge in [0.2, 0.25) is 0 Å². The fourth-order valence-corrected chi connectivity index (χ4v) is 3.31. The molecule has 2 aromatic carbocycles. The van der Waals surface area contributed by atoms with Crippen LogP contribution in [0.1, 0.15) is 11.1 Å². The molecule has 0 fully saturated rings. The summed E-state index contributed by atoms with van der Waals surface area (Å²) in [6.45, 7) is 1.99. The quantitative estimate of drug-likeness (QED) is 0.727. The summed E-state index contributed by atoms with van der Waals surface area (Å²) in [4.78, 5) is 4.45. The van der Waals surface area contributed by atoms with Gasteiger partial charge in [-0.2, -0.15) is 0 Å². The Hall–Kier alpha value is -1.90. The second-order valence-electron chi connectivity index (χ2n) is 5.39. The third-order valence-corrected chi connectivity index (χ3v) is 4.37. The van der Waals surface area contributed by atoms with Crippen LogP contribution < -0.4 is 5.32 Å². The van der Waals surface area contributed by atoms with Crippen molar-refractivity contribution < 1.29 is 0 Å². The first-order chi connectivity index (χ1) is 10.3. The number of pyridine rings is 1. The summed E-state index contributed by atoms with van der Waals surface area (Å²) in [5.41, 5.74) is 6.36. The molecule has 1 aliphatic rings. The molecule has 0 aliphatic carbocycles. The van der Waals surface area contributed by atoms with E-state index in [4.69, 9.17) is 11.6 Å². The topological polar surface area (TPSA) is 24.9 Å². The van der Waals surface area contributed by atoms with E-state index in [2.05, 4.69) is 34.6 Å². The lowest BCUT2D eigenvalue weighted by Crippen LogP contribution is -2.24. The van der Waals surface area contributed by atoms with Crippen LogP contribution in [0.5, 0.6) is 0 Å². The lowest BCUT2D eigenvalue weighted by atomic mass is 9.90. The molecular formula is C18H15ClN2. The minimum atomic E-state index is 0.753. The Morgan fingerprint density at radius 1 is 1.05 bits per heavy atom. The summed E-state index contributed by atoms with van der Waals surface area (Å²) in [5.74, 6) is 0. The zero-order chi connectivity index (χ0) is 14.2. The number of halogens is 1. The molecule has 0 radical (unpaired) electrons. The summed E-state index contributed by atoms with van der Waals surface area (Å²) in [7, 11) is 0. The lowest BCUT2D eigenvalue weighted by Gasteiger charge is -2.21.